The molecule has 0 aliphatic carbocycles. The Morgan fingerprint density at radius 1 is 0.239 bits per heavy atom. The Bertz CT molecular complexity index is 4960. The molecule has 2 aliphatic heterocycles. The molecule has 14 aromatic carbocycles. The lowest BCUT2D eigenvalue weighted by Crippen LogP contribution is -2.59. The Morgan fingerprint density at radius 2 is 0.522 bits per heavy atom. The molecule has 0 fully saturated rings. The fourth-order valence-electron chi connectivity index (χ4n) is 17.7. The fourth-order valence-corrected chi connectivity index (χ4v) is 17.7. The van der Waals surface area contributed by atoms with E-state index in [1.807, 2.05) is 0 Å². The van der Waals surface area contributed by atoms with E-state index in [-0.39, 0.29) is 13.4 Å². The zero-order chi connectivity index (χ0) is 63.1. The molecule has 2 aliphatic rings. The summed E-state index contributed by atoms with van der Waals surface area (Å²) in [6.07, 6.45) is 0. The Labute approximate surface area is 544 Å². The van der Waals surface area contributed by atoms with Crippen molar-refractivity contribution in [3.8, 4) is 44.5 Å². The van der Waals surface area contributed by atoms with Crippen molar-refractivity contribution in [3.05, 3.63) is 297 Å². The SMILES string of the molecule is Cc1cc(C)c(B2c3ccccc3N(c3c(C)cc(C)cc3C)c3c2c(-c2ccccc2-c2ccccc2)c2ccc4c5c(c(-c6ccccc6-c6ccccc6)c6ccc3c2c64)B(c2c(C)cc(C)cc2C)c2ccccc2N5c2c(C)cc(C)cc2C)c(C)c1. The molecule has 442 valence electrons. The molecule has 0 aromatic heterocycles. The first-order valence-electron chi connectivity index (χ1n) is 32.9. The highest BCUT2D eigenvalue weighted by Gasteiger charge is 2.45. The highest BCUT2D eigenvalue weighted by Crippen LogP contribution is 2.55. The number of para-hydroxylation sites is 2. The van der Waals surface area contributed by atoms with Crippen LogP contribution in [0.4, 0.5) is 34.1 Å². The largest absolute Gasteiger partial charge is 0.310 e. The normalized spacial score (nSPS) is 12.7. The van der Waals surface area contributed by atoms with Crippen LogP contribution in [0.15, 0.2) is 231 Å². The van der Waals surface area contributed by atoms with Crippen molar-refractivity contribution >= 4 is 113 Å². The summed E-state index contributed by atoms with van der Waals surface area (Å²) in [4.78, 5) is 5.43. The maximum Gasteiger partial charge on any atom is 0.248 e. The summed E-state index contributed by atoms with van der Waals surface area (Å²) in [5, 5.41) is 7.53. The maximum absolute atomic E-state index is 2.71. The smallest absolute Gasteiger partial charge is 0.248 e. The van der Waals surface area contributed by atoms with Crippen molar-refractivity contribution in [2.45, 2.75) is 83.1 Å². The first-order chi connectivity index (χ1) is 44.7. The molecule has 0 bridgehead atoms. The van der Waals surface area contributed by atoms with Crippen molar-refractivity contribution in [3.63, 3.8) is 0 Å². The Balaban J connectivity index is 1.20. The minimum Gasteiger partial charge on any atom is -0.310 e. The van der Waals surface area contributed by atoms with E-state index in [2.05, 4.69) is 323 Å². The molecular weight excluding hydrogens is 1110 g/mol. The highest BCUT2D eigenvalue weighted by atomic mass is 15.2. The van der Waals surface area contributed by atoms with Crippen LogP contribution in [0.1, 0.15) is 66.8 Å². The van der Waals surface area contributed by atoms with Crippen LogP contribution in [0.5, 0.6) is 0 Å². The van der Waals surface area contributed by atoms with Crippen LogP contribution in [0.25, 0.3) is 76.8 Å². The number of aryl methyl sites for hydroxylation is 12. The molecule has 0 radical (unpaired) electrons. The average Bonchev–Trinajstić information content (AvgIpc) is 0.675. The molecule has 2 heterocycles. The van der Waals surface area contributed by atoms with Crippen LogP contribution in [-0.4, -0.2) is 13.4 Å². The lowest BCUT2D eigenvalue weighted by Gasteiger charge is -2.43. The number of hydrogen-bond donors (Lipinski definition) is 0. The zero-order valence-corrected chi connectivity index (χ0v) is 55.0. The Hall–Kier alpha value is -10.2. The van der Waals surface area contributed by atoms with Gasteiger partial charge < -0.3 is 9.80 Å². The van der Waals surface area contributed by atoms with E-state index < -0.39 is 0 Å². The summed E-state index contributed by atoms with van der Waals surface area (Å²) in [6, 6.07) is 89.1. The second kappa shape index (κ2) is 21.8. The van der Waals surface area contributed by atoms with Gasteiger partial charge in [0.15, 0.2) is 0 Å². The number of nitrogens with zero attached hydrogens (tertiary/aromatic N) is 2. The fraction of sp³-hybridized carbons (Fsp3) is 0.136. The van der Waals surface area contributed by atoms with E-state index in [1.165, 1.54) is 210 Å². The van der Waals surface area contributed by atoms with Crippen LogP contribution in [0.2, 0.25) is 0 Å². The van der Waals surface area contributed by atoms with E-state index in [9.17, 15) is 0 Å². The predicted octanol–water partition coefficient (Wildman–Crippen LogP) is 19.6. The highest BCUT2D eigenvalue weighted by molar-refractivity contribution is 7.00. The molecule has 16 rings (SSSR count). The van der Waals surface area contributed by atoms with E-state index in [1.54, 1.807) is 0 Å². The van der Waals surface area contributed by atoms with E-state index in [0.717, 1.165) is 0 Å². The number of anilines is 6. The van der Waals surface area contributed by atoms with Crippen LogP contribution in [0.3, 0.4) is 0 Å². The van der Waals surface area contributed by atoms with Crippen LogP contribution >= 0.6 is 0 Å². The molecule has 14 aromatic rings. The zero-order valence-electron chi connectivity index (χ0n) is 55.0. The summed E-state index contributed by atoms with van der Waals surface area (Å²) < 4.78 is 0. The van der Waals surface area contributed by atoms with Crippen molar-refractivity contribution in [2.24, 2.45) is 0 Å². The minimum atomic E-state index is -0.132. The van der Waals surface area contributed by atoms with E-state index in [4.69, 9.17) is 0 Å². The quantitative estimate of drug-likeness (QED) is 0.111. The second-order valence-electron chi connectivity index (χ2n) is 26.9. The van der Waals surface area contributed by atoms with E-state index >= 15 is 0 Å². The summed E-state index contributed by atoms with van der Waals surface area (Å²) >= 11 is 0. The van der Waals surface area contributed by atoms with Gasteiger partial charge in [0.2, 0.25) is 13.4 Å². The van der Waals surface area contributed by atoms with Crippen molar-refractivity contribution in [1.29, 1.82) is 0 Å². The molecule has 0 unspecified atom stereocenters. The molecule has 4 heteroatoms. The van der Waals surface area contributed by atoms with E-state index in [0.29, 0.717) is 0 Å². The summed E-state index contributed by atoms with van der Waals surface area (Å²) in [5.74, 6) is 0. The first kappa shape index (κ1) is 57.0. The molecule has 0 amide bonds. The lowest BCUT2D eigenvalue weighted by molar-refractivity contribution is 1.21. The average molecular weight is 1180 g/mol. The number of rotatable bonds is 8. The third-order valence-electron chi connectivity index (χ3n) is 20.6. The third-order valence-corrected chi connectivity index (χ3v) is 20.6. The van der Waals surface area contributed by atoms with Crippen molar-refractivity contribution in [2.75, 3.05) is 9.80 Å². The van der Waals surface area contributed by atoms with Gasteiger partial charge in [0.05, 0.1) is 11.4 Å². The molecule has 0 saturated heterocycles. The van der Waals surface area contributed by atoms with Gasteiger partial charge in [-0.25, -0.2) is 0 Å². The van der Waals surface area contributed by atoms with Crippen molar-refractivity contribution < 1.29 is 0 Å². The van der Waals surface area contributed by atoms with Crippen LogP contribution in [0, 0.1) is 83.1 Å². The van der Waals surface area contributed by atoms with Crippen LogP contribution in [-0.2, 0) is 0 Å². The maximum atomic E-state index is 2.71. The summed E-state index contributed by atoms with van der Waals surface area (Å²) in [6.45, 7) is 27.5. The summed E-state index contributed by atoms with van der Waals surface area (Å²) in [5.41, 5.74) is 40.5. The second-order valence-corrected chi connectivity index (χ2v) is 26.9. The predicted molar refractivity (Wildman–Crippen MR) is 400 cm³/mol. The number of fused-ring (bicyclic) bond motifs is 6. The van der Waals surface area contributed by atoms with Gasteiger partial charge in [-0.05, 0) is 195 Å². The Morgan fingerprint density at radius 3 is 0.870 bits per heavy atom. The van der Waals surface area contributed by atoms with Crippen molar-refractivity contribution in [1.82, 2.24) is 0 Å². The molecule has 0 saturated carbocycles. The molecule has 0 N–H and O–H groups in total. The standard InChI is InChI=1S/C88H74B2N2/c1-51-43-55(5)81(56(6)44-51)89-73-35-23-25-37-75(73)91(85-59(9)47-53(3)48-60(85)10)87-71-41-40-70-78-72(42-39-69(77(71)78)79(83(87)89)67-33-21-19-31-65(67)63-27-15-13-16-28-63)88-84(80(70)68-34-22-20-32-66(68)64-29-17-14-18-30-64)90(82-57(7)45-52(2)46-58(82)8)74-36-24-26-38-76(74)92(88)86-61(11)49-54(4)50-62(86)12/h13-50H,1-12H3. The van der Waals surface area contributed by atoms with Gasteiger partial charge >= 0.3 is 0 Å². The monoisotopic (exact) mass is 1180 g/mol. The lowest BCUT2D eigenvalue weighted by atomic mass is 9.32. The van der Waals surface area contributed by atoms with Gasteiger partial charge in [-0.1, -0.05) is 274 Å². The molecular formula is C88H74B2N2. The molecule has 0 atom stereocenters. The summed E-state index contributed by atoms with van der Waals surface area (Å²) in [7, 11) is 0. The van der Waals surface area contributed by atoms with Gasteiger partial charge in [-0.3, -0.25) is 0 Å². The van der Waals surface area contributed by atoms with Gasteiger partial charge in [0.25, 0.3) is 0 Å². The van der Waals surface area contributed by atoms with Gasteiger partial charge in [0.1, 0.15) is 0 Å². The first-order valence-corrected chi connectivity index (χ1v) is 32.9. The number of benzene rings is 14. The van der Waals surface area contributed by atoms with Gasteiger partial charge in [0, 0.05) is 44.3 Å². The van der Waals surface area contributed by atoms with Gasteiger partial charge in [-0.2, -0.15) is 0 Å². The molecule has 92 heavy (non-hydrogen) atoms. The molecule has 2 nitrogen and oxygen atoms in total. The number of hydrogen-bond acceptors (Lipinski definition) is 2. The third kappa shape index (κ3) is 8.63. The van der Waals surface area contributed by atoms with Gasteiger partial charge in [-0.15, -0.1) is 0 Å². The van der Waals surface area contributed by atoms with Crippen LogP contribution < -0.4 is 42.6 Å². The molecule has 0 spiro atoms. The minimum absolute atomic E-state index is 0.132. The topological polar surface area (TPSA) is 6.48 Å². The Kier molecular flexibility index (Phi) is 13.5.